The van der Waals surface area contributed by atoms with Crippen molar-refractivity contribution in [2.24, 2.45) is 0 Å². The molecule has 1 fully saturated rings. The Hall–Kier alpha value is -2.57. The monoisotopic (exact) mass is 338 g/mol. The largest absolute Gasteiger partial charge is 0.392 e. The molecular weight excluding hydrogens is 319 g/mol. The quantitative estimate of drug-likeness (QED) is 0.795. The van der Waals surface area contributed by atoms with Crippen LogP contribution in [-0.4, -0.2) is 37.4 Å². The second-order valence-electron chi connectivity index (χ2n) is 6.34. The summed E-state index contributed by atoms with van der Waals surface area (Å²) < 4.78 is 15.5. The molecule has 128 valence electrons. The summed E-state index contributed by atoms with van der Waals surface area (Å²) >= 11 is 0. The first kappa shape index (κ1) is 15.9. The van der Waals surface area contributed by atoms with Crippen molar-refractivity contribution in [1.82, 2.24) is 19.7 Å². The van der Waals surface area contributed by atoms with Gasteiger partial charge in [0.1, 0.15) is 12.1 Å². The maximum absolute atomic E-state index is 13.6. The van der Waals surface area contributed by atoms with E-state index in [4.69, 9.17) is 0 Å². The van der Waals surface area contributed by atoms with Gasteiger partial charge in [0.15, 0.2) is 5.82 Å². The van der Waals surface area contributed by atoms with Gasteiger partial charge < -0.3 is 5.11 Å². The highest BCUT2D eigenvalue weighted by Gasteiger charge is 2.33. The molecule has 2 heterocycles. The van der Waals surface area contributed by atoms with Gasteiger partial charge in [-0.05, 0) is 36.2 Å². The number of halogens is 1. The van der Waals surface area contributed by atoms with Gasteiger partial charge in [0.2, 0.25) is 0 Å². The number of benzene rings is 2. The number of likely N-dealkylation sites (tertiary alicyclic amines) is 1. The molecule has 6 heteroatoms. The summed E-state index contributed by atoms with van der Waals surface area (Å²) in [5.74, 6) is 0.535. The van der Waals surface area contributed by atoms with Crippen LogP contribution in [0.15, 0.2) is 60.9 Å². The Morgan fingerprint density at radius 1 is 1.12 bits per heavy atom. The molecule has 4 rings (SSSR count). The van der Waals surface area contributed by atoms with Crippen LogP contribution in [0.3, 0.4) is 0 Å². The van der Waals surface area contributed by atoms with Gasteiger partial charge in [-0.1, -0.05) is 30.3 Å². The van der Waals surface area contributed by atoms with Gasteiger partial charge in [-0.25, -0.2) is 4.39 Å². The number of aliphatic hydroxyl groups excluding tert-OH is 1. The highest BCUT2D eigenvalue weighted by molar-refractivity contribution is 5.32. The van der Waals surface area contributed by atoms with Crippen LogP contribution in [0.1, 0.15) is 23.9 Å². The number of para-hydroxylation sites is 1. The number of aromatic nitrogens is 3. The van der Waals surface area contributed by atoms with Crippen LogP contribution >= 0.6 is 0 Å². The molecule has 0 radical (unpaired) electrons. The van der Waals surface area contributed by atoms with Crippen molar-refractivity contribution in [3.05, 3.63) is 78.1 Å². The molecular formula is C19H19FN4O. The predicted molar refractivity (Wildman–Crippen MR) is 91.5 cm³/mol. The van der Waals surface area contributed by atoms with E-state index in [-0.39, 0.29) is 11.9 Å². The lowest BCUT2D eigenvalue weighted by Gasteiger charge is -2.24. The van der Waals surface area contributed by atoms with Gasteiger partial charge in [0.25, 0.3) is 0 Å². The van der Waals surface area contributed by atoms with Crippen molar-refractivity contribution >= 4 is 0 Å². The zero-order valence-electron chi connectivity index (χ0n) is 13.7. The fourth-order valence-electron chi connectivity index (χ4n) is 3.47. The number of rotatable bonds is 4. The van der Waals surface area contributed by atoms with Crippen molar-refractivity contribution in [3.8, 4) is 5.69 Å². The van der Waals surface area contributed by atoms with Crippen LogP contribution in [0.4, 0.5) is 4.39 Å². The van der Waals surface area contributed by atoms with Crippen LogP contribution < -0.4 is 0 Å². The van der Waals surface area contributed by atoms with E-state index in [0.717, 1.165) is 17.1 Å². The third-order valence-corrected chi connectivity index (χ3v) is 4.61. The fraction of sp³-hybridized carbons (Fsp3) is 0.263. The van der Waals surface area contributed by atoms with Crippen molar-refractivity contribution in [1.29, 1.82) is 0 Å². The van der Waals surface area contributed by atoms with Crippen LogP contribution in [0.5, 0.6) is 0 Å². The number of β-amino-alcohol motifs (C(OH)–C–C–N with tert-alkyl or cyclic N) is 1. The minimum Gasteiger partial charge on any atom is -0.392 e. The number of aliphatic hydroxyl groups is 1. The lowest BCUT2D eigenvalue weighted by atomic mass is 10.0. The first-order chi connectivity index (χ1) is 12.2. The lowest BCUT2D eigenvalue weighted by Crippen LogP contribution is -2.26. The number of hydrogen-bond donors (Lipinski definition) is 1. The van der Waals surface area contributed by atoms with E-state index < -0.39 is 6.10 Å². The molecule has 0 bridgehead atoms. The second kappa shape index (κ2) is 6.74. The van der Waals surface area contributed by atoms with Gasteiger partial charge in [-0.3, -0.25) is 9.47 Å². The van der Waals surface area contributed by atoms with Gasteiger partial charge >= 0.3 is 0 Å². The summed E-state index contributed by atoms with van der Waals surface area (Å²) in [6.07, 6.45) is 1.85. The molecule has 1 aliphatic rings. The van der Waals surface area contributed by atoms with E-state index >= 15 is 0 Å². The Kier molecular flexibility index (Phi) is 4.29. The summed E-state index contributed by atoms with van der Waals surface area (Å²) in [5, 5.41) is 18.4. The van der Waals surface area contributed by atoms with Crippen LogP contribution in [0.25, 0.3) is 5.69 Å². The minimum atomic E-state index is -0.429. The molecule has 0 aliphatic carbocycles. The van der Waals surface area contributed by atoms with Gasteiger partial charge in [-0.2, -0.15) is 0 Å². The number of hydrogen-bond acceptors (Lipinski definition) is 4. The molecule has 0 spiro atoms. The molecule has 1 aliphatic heterocycles. The van der Waals surface area contributed by atoms with Crippen LogP contribution in [-0.2, 0) is 6.54 Å². The first-order valence-electron chi connectivity index (χ1n) is 8.32. The molecule has 0 amide bonds. The average molecular weight is 338 g/mol. The van der Waals surface area contributed by atoms with E-state index in [9.17, 15) is 9.50 Å². The first-order valence-corrected chi connectivity index (χ1v) is 8.32. The zero-order valence-corrected chi connectivity index (χ0v) is 13.7. The molecule has 3 aromatic rings. The van der Waals surface area contributed by atoms with Gasteiger partial charge in [0, 0.05) is 18.3 Å². The molecule has 1 aromatic heterocycles. The fourth-order valence-corrected chi connectivity index (χ4v) is 3.47. The molecule has 0 saturated carbocycles. The Balaban J connectivity index is 1.61. The van der Waals surface area contributed by atoms with E-state index in [1.807, 2.05) is 41.0 Å². The molecule has 2 aromatic carbocycles. The average Bonchev–Trinajstić information content (AvgIpc) is 3.22. The molecule has 25 heavy (non-hydrogen) atoms. The van der Waals surface area contributed by atoms with Crippen molar-refractivity contribution in [2.75, 3.05) is 6.54 Å². The molecule has 5 nitrogen and oxygen atoms in total. The molecule has 1 N–H and O–H groups in total. The normalized spacial score (nSPS) is 20.9. The third kappa shape index (κ3) is 3.31. The van der Waals surface area contributed by atoms with Crippen LogP contribution in [0.2, 0.25) is 0 Å². The summed E-state index contributed by atoms with van der Waals surface area (Å²) in [6, 6.07) is 16.4. The molecule has 2 unspecified atom stereocenters. The number of nitrogens with zero attached hydrogens (tertiary/aromatic N) is 4. The molecule has 1 saturated heterocycles. The topological polar surface area (TPSA) is 54.2 Å². The standard InChI is InChI=1S/C19H19FN4O/c20-15-6-4-5-14(9-15)18-10-17(25)11-23(18)12-19-22-21-13-24(19)16-7-2-1-3-8-16/h1-9,13,17-18,25H,10-12H2. The van der Waals surface area contributed by atoms with Gasteiger partial charge in [-0.15, -0.1) is 10.2 Å². The highest BCUT2D eigenvalue weighted by atomic mass is 19.1. The summed E-state index contributed by atoms with van der Waals surface area (Å²) in [7, 11) is 0. The SMILES string of the molecule is OC1CC(c2cccc(F)c2)N(Cc2nncn2-c2ccccc2)C1. The van der Waals surface area contributed by atoms with E-state index in [1.54, 1.807) is 12.4 Å². The van der Waals surface area contributed by atoms with Crippen molar-refractivity contribution in [2.45, 2.75) is 25.1 Å². The predicted octanol–water partition coefficient (Wildman–Crippen LogP) is 2.71. The Labute approximate surface area is 145 Å². The minimum absolute atomic E-state index is 0.0355. The summed E-state index contributed by atoms with van der Waals surface area (Å²) in [5.41, 5.74) is 1.87. The van der Waals surface area contributed by atoms with E-state index in [1.165, 1.54) is 12.1 Å². The Bertz CT molecular complexity index is 851. The zero-order chi connectivity index (χ0) is 17.2. The summed E-state index contributed by atoms with van der Waals surface area (Å²) in [4.78, 5) is 2.13. The summed E-state index contributed by atoms with van der Waals surface area (Å²) in [6.45, 7) is 1.07. The smallest absolute Gasteiger partial charge is 0.151 e. The maximum atomic E-state index is 13.6. The van der Waals surface area contributed by atoms with E-state index in [2.05, 4.69) is 15.1 Å². The van der Waals surface area contributed by atoms with Gasteiger partial charge in [0.05, 0.1) is 12.6 Å². The molecule has 2 atom stereocenters. The second-order valence-corrected chi connectivity index (χ2v) is 6.34. The van der Waals surface area contributed by atoms with Crippen molar-refractivity contribution in [3.63, 3.8) is 0 Å². The van der Waals surface area contributed by atoms with E-state index in [0.29, 0.717) is 19.5 Å². The maximum Gasteiger partial charge on any atom is 0.151 e. The third-order valence-electron chi connectivity index (χ3n) is 4.61. The Morgan fingerprint density at radius 3 is 2.76 bits per heavy atom. The highest BCUT2D eigenvalue weighted by Crippen LogP contribution is 2.33. The van der Waals surface area contributed by atoms with Crippen molar-refractivity contribution < 1.29 is 9.50 Å². The Morgan fingerprint density at radius 2 is 1.96 bits per heavy atom. The van der Waals surface area contributed by atoms with Crippen LogP contribution in [0, 0.1) is 5.82 Å². The lowest BCUT2D eigenvalue weighted by molar-refractivity contribution is 0.171.